The van der Waals surface area contributed by atoms with Crippen molar-refractivity contribution in [2.45, 2.75) is 11.4 Å². The molecule has 2 atom stereocenters. The number of hydrogen-bond donors (Lipinski definition) is 4. The molecule has 1 saturated heterocycles. The fourth-order valence-corrected chi connectivity index (χ4v) is 5.74. The topological polar surface area (TPSA) is 190 Å². The Morgan fingerprint density at radius 1 is 1.55 bits per heavy atom. The van der Waals surface area contributed by atoms with E-state index in [-0.39, 0.29) is 33.8 Å². The Kier molecular flexibility index (Phi) is 5.85. The molecule has 15 heteroatoms. The number of nitrogens with one attached hydrogen (secondary N) is 1. The monoisotopic (exact) mass is 489 g/mol. The van der Waals surface area contributed by atoms with Gasteiger partial charge in [-0.2, -0.15) is 0 Å². The molecule has 3 rings (SSSR count). The fraction of sp³-hybridized carbons (Fsp3) is 0.375. The zero-order chi connectivity index (χ0) is 25.2. The number of carbonyl (C=O) groups is 4. The van der Waals surface area contributed by atoms with Crippen LogP contribution in [0.4, 0.5) is 5.13 Å². The molecule has 166 valence electrons. The van der Waals surface area contributed by atoms with E-state index in [4.69, 9.17) is 15.6 Å². The van der Waals surface area contributed by atoms with Gasteiger partial charge in [0.25, 0.3) is 11.8 Å². The van der Waals surface area contributed by atoms with Crippen LogP contribution in [0.2, 0.25) is 0 Å². The van der Waals surface area contributed by atoms with E-state index in [0.29, 0.717) is 5.57 Å². The summed E-state index contributed by atoms with van der Waals surface area (Å²) in [5, 5.41) is 16.2. The van der Waals surface area contributed by atoms with Crippen molar-refractivity contribution >= 4 is 69.4 Å². The third-order valence-corrected chi connectivity index (χ3v) is 7.23. The largest absolute Gasteiger partial charge is 0.477 e. The van der Waals surface area contributed by atoms with Gasteiger partial charge in [-0.3, -0.25) is 19.3 Å². The summed E-state index contributed by atoms with van der Waals surface area (Å²) in [6, 6.07) is -1.10. The molecule has 0 saturated carbocycles. The maximum atomic E-state index is 12.8. The van der Waals surface area contributed by atoms with Gasteiger partial charge in [-0.1, -0.05) is 5.16 Å². The number of carbonyl (C=O) groups excluding carboxylic acids is 3. The van der Waals surface area contributed by atoms with E-state index < -0.39 is 47.9 Å². The number of thiazole rings is 1. The number of carboxylic acids is 1. The van der Waals surface area contributed by atoms with Crippen molar-refractivity contribution in [2.75, 3.05) is 30.0 Å². The molecule has 1 aromatic rings. The summed E-state index contributed by atoms with van der Waals surface area (Å²) in [6.07, 6.45) is 0. The van der Waals surface area contributed by atoms with Gasteiger partial charge in [0.15, 0.2) is 10.8 Å². The molecule has 0 spiro atoms. The van der Waals surface area contributed by atoms with Crippen molar-refractivity contribution in [1.82, 2.24) is 15.2 Å². The van der Waals surface area contributed by atoms with Crippen LogP contribution < -0.4 is 16.8 Å². The molecule has 3 heterocycles. The molecule has 6 N–H and O–H groups in total. The number of primary amides is 1. The van der Waals surface area contributed by atoms with Crippen LogP contribution in [-0.4, -0.2) is 80.1 Å². The van der Waals surface area contributed by atoms with Gasteiger partial charge < -0.3 is 26.7 Å². The van der Waals surface area contributed by atoms with Crippen molar-refractivity contribution < 1.29 is 33.2 Å². The van der Waals surface area contributed by atoms with Crippen LogP contribution in [-0.2, 0) is 24.0 Å². The Morgan fingerprint density at radius 3 is 2.94 bits per heavy atom. The summed E-state index contributed by atoms with van der Waals surface area (Å²) in [5.74, 6) is -3.04. The molecule has 1 aromatic heterocycles. The van der Waals surface area contributed by atoms with Gasteiger partial charge in [0, 0.05) is 16.9 Å². The molecule has 31 heavy (non-hydrogen) atoms. The van der Waals surface area contributed by atoms with Crippen LogP contribution in [0.1, 0.15) is 9.81 Å². The van der Waals surface area contributed by atoms with Gasteiger partial charge in [-0.05, 0) is 5.57 Å². The summed E-state index contributed by atoms with van der Waals surface area (Å²) in [4.78, 5) is 57.8. The summed E-state index contributed by atoms with van der Waals surface area (Å²) >= 11 is 3.34. The van der Waals surface area contributed by atoms with Crippen LogP contribution in [0.25, 0.3) is 0 Å². The molecule has 3 amide bonds. The summed E-state index contributed by atoms with van der Waals surface area (Å²) < 4.78 is 21.3. The highest BCUT2D eigenvalue weighted by molar-refractivity contribution is 8.01. The predicted octanol–water partition coefficient (Wildman–Crippen LogP) is -0.967. The first-order valence-electron chi connectivity index (χ1n) is 9.93. The lowest BCUT2D eigenvalue weighted by Gasteiger charge is -2.49. The minimum Gasteiger partial charge on any atom is -0.477 e. The SMILES string of the molecule is [2H]C([2H])([2H])O/N=C(\C(=O)N[C@@H]1C(=O)N2C(C(=O)O)=C(CSCC(N)=O)CS[C@H]12)c1csc(N)n1. The molecule has 1 fully saturated rings. The molecule has 12 nitrogen and oxygen atoms in total. The molecule has 0 unspecified atom stereocenters. The average Bonchev–Trinajstić information content (AvgIpc) is 3.16. The Hall–Kier alpha value is -2.78. The molecule has 0 radical (unpaired) electrons. The van der Waals surface area contributed by atoms with Gasteiger partial charge in [-0.25, -0.2) is 9.78 Å². The number of oxime groups is 1. The lowest BCUT2D eigenvalue weighted by molar-refractivity contribution is -0.150. The standard InChI is InChI=1S/C16H18N6O6S3/c1-28-21-9(7-4-31-16(18)19-7)12(24)20-10-13(25)22-11(15(26)27)6(3-30-14(10)22)2-29-5-8(17)23/h4,10,14H,2-3,5H2,1H3,(H2,17,23)(H2,18,19)(H,20,24)(H,26,27)/b21-9-/t10-,14-/m1/s1/i1D3. The van der Waals surface area contributed by atoms with Crippen LogP contribution >= 0.6 is 34.9 Å². The minimum absolute atomic E-state index is 0.00131. The number of hydrogen-bond acceptors (Lipinski definition) is 11. The van der Waals surface area contributed by atoms with Gasteiger partial charge in [0.05, 0.1) is 9.87 Å². The number of β-lactam (4-membered cyclic amide) rings is 1. The zero-order valence-electron chi connectivity index (χ0n) is 18.6. The summed E-state index contributed by atoms with van der Waals surface area (Å²) in [6.45, 7) is 0. The van der Waals surface area contributed by atoms with Crippen molar-refractivity contribution in [3.8, 4) is 0 Å². The number of aromatic nitrogens is 1. The first kappa shape index (κ1) is 18.9. The highest BCUT2D eigenvalue weighted by atomic mass is 32.2. The molecule has 0 bridgehead atoms. The van der Waals surface area contributed by atoms with E-state index in [1.165, 1.54) is 17.1 Å². The number of carboxylic acid groups (broad SMARTS) is 1. The molecular formula is C16H18N6O6S3. The Bertz CT molecular complexity index is 1090. The number of fused-ring (bicyclic) bond motifs is 1. The van der Waals surface area contributed by atoms with Crippen molar-refractivity contribution in [2.24, 2.45) is 10.9 Å². The third-order valence-electron chi connectivity index (χ3n) is 4.17. The maximum absolute atomic E-state index is 12.8. The van der Waals surface area contributed by atoms with Gasteiger partial charge >= 0.3 is 5.97 Å². The number of nitrogens with zero attached hydrogens (tertiary/aromatic N) is 3. The second-order valence-corrected chi connectivity index (χ2v) is 9.16. The number of rotatable bonds is 9. The lowest BCUT2D eigenvalue weighted by Crippen LogP contribution is -2.71. The quantitative estimate of drug-likeness (QED) is 0.191. The van der Waals surface area contributed by atoms with Gasteiger partial charge in [0.1, 0.15) is 29.8 Å². The summed E-state index contributed by atoms with van der Waals surface area (Å²) in [5.41, 5.74) is 10.4. The van der Waals surface area contributed by atoms with Crippen LogP contribution in [0.5, 0.6) is 0 Å². The fourth-order valence-electron chi connectivity index (χ4n) is 2.93. The van der Waals surface area contributed by atoms with Crippen molar-refractivity contribution in [1.29, 1.82) is 0 Å². The Labute approximate surface area is 192 Å². The molecule has 2 aliphatic rings. The van der Waals surface area contributed by atoms with Gasteiger partial charge in [0.2, 0.25) is 5.91 Å². The maximum Gasteiger partial charge on any atom is 0.352 e. The van der Waals surface area contributed by atoms with Crippen LogP contribution in [0.15, 0.2) is 21.8 Å². The second kappa shape index (κ2) is 9.57. The smallest absolute Gasteiger partial charge is 0.352 e. The minimum atomic E-state index is -2.93. The summed E-state index contributed by atoms with van der Waals surface area (Å²) in [7, 11) is -2.93. The first-order chi connectivity index (χ1) is 15.9. The van der Waals surface area contributed by atoms with E-state index in [1.807, 2.05) is 0 Å². The Balaban J connectivity index is 1.77. The molecular weight excluding hydrogens is 468 g/mol. The average molecular weight is 490 g/mol. The second-order valence-electron chi connectivity index (χ2n) is 6.18. The lowest BCUT2D eigenvalue weighted by atomic mass is 10.0. The van der Waals surface area contributed by atoms with E-state index in [0.717, 1.165) is 28.0 Å². The number of thioether (sulfide) groups is 2. The number of nitrogens with two attached hydrogens (primary N) is 2. The normalized spacial score (nSPS) is 22.6. The van der Waals surface area contributed by atoms with Crippen LogP contribution in [0.3, 0.4) is 0 Å². The highest BCUT2D eigenvalue weighted by Crippen LogP contribution is 2.41. The number of amides is 3. The number of aliphatic carboxylic acids is 1. The Morgan fingerprint density at radius 2 is 2.32 bits per heavy atom. The van der Waals surface area contributed by atoms with Crippen LogP contribution in [0, 0.1) is 0 Å². The van der Waals surface area contributed by atoms with E-state index >= 15 is 0 Å². The zero-order valence-corrected chi connectivity index (χ0v) is 18.0. The van der Waals surface area contributed by atoms with Gasteiger partial charge in [-0.15, -0.1) is 34.9 Å². The number of nitrogen functional groups attached to an aromatic ring is 1. The number of anilines is 1. The third kappa shape index (κ3) is 4.77. The molecule has 0 aliphatic carbocycles. The molecule has 2 aliphatic heterocycles. The highest BCUT2D eigenvalue weighted by Gasteiger charge is 2.54. The van der Waals surface area contributed by atoms with Crippen molar-refractivity contribution in [3.63, 3.8) is 0 Å². The van der Waals surface area contributed by atoms with E-state index in [1.54, 1.807) is 0 Å². The van der Waals surface area contributed by atoms with Crippen molar-refractivity contribution in [3.05, 3.63) is 22.3 Å². The first-order valence-corrected chi connectivity index (χ1v) is 11.5. The van der Waals surface area contributed by atoms with E-state index in [2.05, 4.69) is 20.3 Å². The van der Waals surface area contributed by atoms with E-state index in [9.17, 15) is 24.3 Å². The molecule has 0 aromatic carbocycles. The predicted molar refractivity (Wildman–Crippen MR) is 116 cm³/mol.